The number of thiophene rings is 1. The molecule has 1 rings (SSSR count). The summed E-state index contributed by atoms with van der Waals surface area (Å²) in [5.74, 6) is 0. The van der Waals surface area contributed by atoms with Gasteiger partial charge in [0.25, 0.3) is 0 Å². The number of halogens is 2. The Morgan fingerprint density at radius 3 is 2.77 bits per heavy atom. The fraction of sp³-hybridized carbons (Fsp3) is 0.375. The second-order valence-corrected chi connectivity index (χ2v) is 5.49. The van der Waals surface area contributed by atoms with Crippen molar-refractivity contribution in [3.8, 4) is 6.07 Å². The van der Waals surface area contributed by atoms with Gasteiger partial charge in [-0.2, -0.15) is 5.26 Å². The van der Waals surface area contributed by atoms with E-state index in [1.165, 1.54) is 11.3 Å². The monoisotopic (exact) mass is 323 g/mol. The third kappa shape index (κ3) is 2.78. The van der Waals surface area contributed by atoms with Gasteiger partial charge in [-0.1, -0.05) is 0 Å². The fourth-order valence-electron chi connectivity index (χ4n) is 0.842. The number of ether oxygens (including phenoxy) is 1. The van der Waals surface area contributed by atoms with E-state index in [2.05, 4.69) is 37.9 Å². The van der Waals surface area contributed by atoms with Gasteiger partial charge in [-0.05, 0) is 44.8 Å². The summed E-state index contributed by atoms with van der Waals surface area (Å²) in [6.07, 6.45) is -0.447. The molecule has 70 valence electrons. The van der Waals surface area contributed by atoms with Crippen LogP contribution in [0.15, 0.2) is 14.3 Å². The number of hydrogen-bond acceptors (Lipinski definition) is 3. The van der Waals surface area contributed by atoms with E-state index in [1.807, 2.05) is 13.0 Å². The zero-order valence-electron chi connectivity index (χ0n) is 6.88. The lowest BCUT2D eigenvalue weighted by atomic mass is 10.3. The van der Waals surface area contributed by atoms with Crippen LogP contribution in [0.2, 0.25) is 0 Å². The first kappa shape index (κ1) is 11.2. The third-order valence-corrected chi connectivity index (χ3v) is 4.67. The van der Waals surface area contributed by atoms with E-state index in [-0.39, 0.29) is 0 Å². The summed E-state index contributed by atoms with van der Waals surface area (Å²) in [5, 5.41) is 8.81. The van der Waals surface area contributed by atoms with Gasteiger partial charge in [-0.3, -0.25) is 0 Å². The second-order valence-electron chi connectivity index (χ2n) is 2.23. The van der Waals surface area contributed by atoms with Crippen LogP contribution >= 0.6 is 43.2 Å². The molecule has 5 heteroatoms. The van der Waals surface area contributed by atoms with Crippen LogP contribution in [-0.2, 0) is 4.74 Å². The minimum absolute atomic E-state index is 0.447. The predicted octanol–water partition coefficient (Wildman–Crippen LogP) is 3.87. The van der Waals surface area contributed by atoms with Crippen molar-refractivity contribution < 1.29 is 4.74 Å². The normalized spacial score (nSPS) is 12.5. The number of nitrogens with zero attached hydrogens (tertiary/aromatic N) is 1. The van der Waals surface area contributed by atoms with Crippen LogP contribution in [0.4, 0.5) is 0 Å². The van der Waals surface area contributed by atoms with Crippen LogP contribution in [0.25, 0.3) is 0 Å². The molecule has 1 aromatic rings. The molecule has 1 atom stereocenters. The van der Waals surface area contributed by atoms with Crippen molar-refractivity contribution >= 4 is 43.2 Å². The number of rotatable bonds is 3. The first-order valence-electron chi connectivity index (χ1n) is 3.65. The second kappa shape index (κ2) is 5.11. The van der Waals surface area contributed by atoms with Crippen molar-refractivity contribution in [1.82, 2.24) is 0 Å². The quantitative estimate of drug-likeness (QED) is 0.845. The Morgan fingerprint density at radius 2 is 2.38 bits per heavy atom. The average molecular weight is 325 g/mol. The molecule has 0 aliphatic heterocycles. The largest absolute Gasteiger partial charge is 0.358 e. The first-order valence-corrected chi connectivity index (χ1v) is 6.05. The molecule has 0 aliphatic carbocycles. The van der Waals surface area contributed by atoms with Gasteiger partial charge in [0.05, 0.1) is 3.79 Å². The minimum Gasteiger partial charge on any atom is -0.358 e. The molecule has 0 bridgehead atoms. The van der Waals surface area contributed by atoms with Crippen LogP contribution in [0.5, 0.6) is 0 Å². The molecular formula is C8H7Br2NOS. The van der Waals surface area contributed by atoms with E-state index < -0.39 is 6.10 Å². The third-order valence-electron chi connectivity index (χ3n) is 1.37. The van der Waals surface area contributed by atoms with Gasteiger partial charge in [0.15, 0.2) is 6.10 Å². The molecule has 0 radical (unpaired) electrons. The molecule has 0 spiro atoms. The van der Waals surface area contributed by atoms with E-state index in [9.17, 15) is 0 Å². The van der Waals surface area contributed by atoms with Gasteiger partial charge in [0.1, 0.15) is 6.07 Å². The molecule has 0 saturated carbocycles. The summed E-state index contributed by atoms with van der Waals surface area (Å²) in [6, 6.07) is 4.01. The van der Waals surface area contributed by atoms with Crippen molar-refractivity contribution in [2.45, 2.75) is 13.0 Å². The highest BCUT2D eigenvalue weighted by molar-refractivity contribution is 9.13. The molecular weight excluding hydrogens is 318 g/mol. The SMILES string of the molecule is CCOC(C#N)c1cc(Br)c(Br)s1. The molecule has 0 fully saturated rings. The smallest absolute Gasteiger partial charge is 0.178 e. The maximum absolute atomic E-state index is 8.81. The van der Waals surface area contributed by atoms with E-state index in [0.717, 1.165) is 13.1 Å². The van der Waals surface area contributed by atoms with Crippen LogP contribution in [0, 0.1) is 11.3 Å². The molecule has 13 heavy (non-hydrogen) atoms. The predicted molar refractivity (Wildman–Crippen MR) is 59.7 cm³/mol. The standard InChI is InChI=1S/C8H7Br2NOS/c1-2-12-6(4-11)7-3-5(9)8(10)13-7/h3,6H,2H2,1H3. The highest BCUT2D eigenvalue weighted by atomic mass is 79.9. The Kier molecular flexibility index (Phi) is 4.39. The van der Waals surface area contributed by atoms with Gasteiger partial charge in [-0.15, -0.1) is 11.3 Å². The molecule has 0 amide bonds. The van der Waals surface area contributed by atoms with Crippen molar-refractivity contribution in [3.63, 3.8) is 0 Å². The van der Waals surface area contributed by atoms with Crippen LogP contribution in [-0.4, -0.2) is 6.61 Å². The Balaban J connectivity index is 2.87. The van der Waals surface area contributed by atoms with Gasteiger partial charge < -0.3 is 4.74 Å². The van der Waals surface area contributed by atoms with Crippen molar-refractivity contribution in [2.24, 2.45) is 0 Å². The molecule has 1 aromatic heterocycles. The van der Waals surface area contributed by atoms with Gasteiger partial charge in [-0.25, -0.2) is 0 Å². The van der Waals surface area contributed by atoms with E-state index >= 15 is 0 Å². The summed E-state index contributed by atoms with van der Waals surface area (Å²) >= 11 is 8.24. The Morgan fingerprint density at radius 1 is 1.69 bits per heavy atom. The molecule has 1 unspecified atom stereocenters. The molecule has 0 aromatic carbocycles. The zero-order chi connectivity index (χ0) is 9.84. The number of hydrogen-bond donors (Lipinski definition) is 0. The van der Waals surface area contributed by atoms with Crippen molar-refractivity contribution in [3.05, 3.63) is 19.2 Å². The van der Waals surface area contributed by atoms with Gasteiger partial charge in [0.2, 0.25) is 0 Å². The number of nitriles is 1. The highest BCUT2D eigenvalue weighted by Gasteiger charge is 2.14. The summed E-state index contributed by atoms with van der Waals surface area (Å²) in [7, 11) is 0. The van der Waals surface area contributed by atoms with Crippen molar-refractivity contribution in [2.75, 3.05) is 6.61 Å². The lowest BCUT2D eigenvalue weighted by Gasteiger charge is -2.04. The minimum atomic E-state index is -0.447. The lowest BCUT2D eigenvalue weighted by molar-refractivity contribution is 0.104. The molecule has 1 heterocycles. The maximum atomic E-state index is 8.81. The Labute approximate surface area is 97.8 Å². The van der Waals surface area contributed by atoms with Gasteiger partial charge in [0, 0.05) is 16.0 Å². The van der Waals surface area contributed by atoms with Crippen LogP contribution in [0.3, 0.4) is 0 Å². The molecule has 0 N–H and O–H groups in total. The van der Waals surface area contributed by atoms with E-state index in [4.69, 9.17) is 10.00 Å². The van der Waals surface area contributed by atoms with Crippen LogP contribution < -0.4 is 0 Å². The molecule has 0 aliphatic rings. The summed E-state index contributed by atoms with van der Waals surface area (Å²) in [5.41, 5.74) is 0. The zero-order valence-corrected chi connectivity index (χ0v) is 10.9. The Bertz CT molecular complexity index is 312. The van der Waals surface area contributed by atoms with Gasteiger partial charge >= 0.3 is 0 Å². The molecule has 2 nitrogen and oxygen atoms in total. The highest BCUT2D eigenvalue weighted by Crippen LogP contribution is 2.36. The maximum Gasteiger partial charge on any atom is 0.178 e. The summed E-state index contributed by atoms with van der Waals surface area (Å²) in [6.45, 7) is 2.42. The van der Waals surface area contributed by atoms with E-state index in [0.29, 0.717) is 6.61 Å². The van der Waals surface area contributed by atoms with E-state index in [1.54, 1.807) is 0 Å². The van der Waals surface area contributed by atoms with Crippen molar-refractivity contribution in [1.29, 1.82) is 5.26 Å². The van der Waals surface area contributed by atoms with Crippen LogP contribution in [0.1, 0.15) is 17.9 Å². The topological polar surface area (TPSA) is 33.0 Å². The summed E-state index contributed by atoms with van der Waals surface area (Å²) in [4.78, 5) is 0.920. The molecule has 0 saturated heterocycles. The average Bonchev–Trinajstić information content (AvgIpc) is 2.43. The fourth-order valence-corrected chi connectivity index (χ4v) is 2.93. The Hall–Kier alpha value is 0.110. The first-order chi connectivity index (χ1) is 6.19. The lowest BCUT2D eigenvalue weighted by Crippen LogP contribution is -1.98. The summed E-state index contributed by atoms with van der Waals surface area (Å²) < 4.78 is 7.21.